The van der Waals surface area contributed by atoms with Crippen molar-refractivity contribution < 1.29 is 13.6 Å². The number of aryl methyl sites for hydroxylation is 1. The number of rotatable bonds is 6. The van der Waals surface area contributed by atoms with Crippen molar-refractivity contribution in [3.63, 3.8) is 0 Å². The molecule has 29 heavy (non-hydrogen) atoms. The van der Waals surface area contributed by atoms with Crippen LogP contribution < -0.4 is 5.73 Å². The quantitative estimate of drug-likeness (QED) is 0.466. The monoisotopic (exact) mass is 401 g/mol. The molecule has 0 saturated heterocycles. The molecule has 0 atom stereocenters. The number of hydrogen-bond donors (Lipinski definition) is 2. The lowest BCUT2D eigenvalue weighted by Gasteiger charge is -2.14. The molecule has 1 aromatic carbocycles. The fourth-order valence-corrected chi connectivity index (χ4v) is 3.03. The van der Waals surface area contributed by atoms with E-state index in [0.717, 1.165) is 12.1 Å². The molecule has 0 aliphatic rings. The number of unbranched alkanes of at least 4 members (excludes halogenated alkanes) is 1. The van der Waals surface area contributed by atoms with Crippen LogP contribution in [0.5, 0.6) is 0 Å². The molecule has 0 aliphatic heterocycles. The molecule has 0 bridgehead atoms. The molecule has 4 aromatic rings. The molecular weight excluding hydrogens is 384 g/mol. The van der Waals surface area contributed by atoms with Crippen LogP contribution >= 0.6 is 0 Å². The van der Waals surface area contributed by atoms with E-state index in [0.29, 0.717) is 31.6 Å². The summed E-state index contributed by atoms with van der Waals surface area (Å²) in [5, 5.41) is 10.7. The summed E-state index contributed by atoms with van der Waals surface area (Å²) in [6.45, 7) is 0.510. The maximum absolute atomic E-state index is 14.0. The largest absolute Gasteiger partial charge is 0.368 e. The average molecular weight is 401 g/mol. The van der Waals surface area contributed by atoms with Gasteiger partial charge in [0.25, 0.3) is 5.91 Å². The summed E-state index contributed by atoms with van der Waals surface area (Å²) in [7, 11) is 1.68. The van der Waals surface area contributed by atoms with Crippen molar-refractivity contribution in [2.24, 2.45) is 0 Å². The fourth-order valence-electron chi connectivity index (χ4n) is 3.03. The standard InChI is InChI=1S/C17H17F2N9O/c1-27(16(29)14-21-8-22-25-14)5-3-2-4-12-23-15-10-6-9(18)7-11(19)13(10)24-17(20)28(15)26-12/h6-8H,2-5H2,1H3,(H2,20,24)(H,21,22,25). The molecule has 12 heteroatoms. The number of nitrogens with two attached hydrogens (primary N) is 1. The number of halogens is 2. The Hall–Kier alpha value is -3.70. The van der Waals surface area contributed by atoms with Crippen LogP contribution in [0, 0.1) is 11.6 Å². The van der Waals surface area contributed by atoms with E-state index in [4.69, 9.17) is 5.73 Å². The third kappa shape index (κ3) is 3.56. The molecule has 0 saturated carbocycles. The molecule has 3 aromatic heterocycles. The van der Waals surface area contributed by atoms with E-state index in [-0.39, 0.29) is 34.2 Å². The smallest absolute Gasteiger partial charge is 0.290 e. The summed E-state index contributed by atoms with van der Waals surface area (Å²) in [5.41, 5.74) is 6.04. The second-order valence-corrected chi connectivity index (χ2v) is 6.54. The number of carbonyl (C=O) groups is 1. The van der Waals surface area contributed by atoms with Crippen LogP contribution in [-0.2, 0) is 6.42 Å². The highest BCUT2D eigenvalue weighted by molar-refractivity contribution is 5.92. The van der Waals surface area contributed by atoms with Gasteiger partial charge >= 0.3 is 0 Å². The summed E-state index contributed by atoms with van der Waals surface area (Å²) in [4.78, 5) is 25.8. The third-order valence-corrected chi connectivity index (χ3v) is 4.47. The minimum absolute atomic E-state index is 0.0332. The van der Waals surface area contributed by atoms with Crippen molar-refractivity contribution in [3.05, 3.63) is 41.7 Å². The second kappa shape index (κ2) is 7.37. The van der Waals surface area contributed by atoms with Crippen LogP contribution in [0.2, 0.25) is 0 Å². The van der Waals surface area contributed by atoms with Crippen LogP contribution in [0.4, 0.5) is 14.7 Å². The van der Waals surface area contributed by atoms with Crippen molar-refractivity contribution in [3.8, 4) is 0 Å². The Morgan fingerprint density at radius 1 is 1.28 bits per heavy atom. The minimum atomic E-state index is -0.807. The SMILES string of the molecule is CN(CCCCc1nc2c3cc(F)cc(F)c3nc(N)n2n1)C(=O)c1ncn[nH]1. The minimum Gasteiger partial charge on any atom is -0.368 e. The van der Waals surface area contributed by atoms with Crippen molar-refractivity contribution >= 4 is 28.4 Å². The lowest BCUT2D eigenvalue weighted by molar-refractivity contribution is 0.0781. The number of fused-ring (bicyclic) bond motifs is 3. The Bertz CT molecular complexity index is 1190. The molecule has 150 valence electrons. The Morgan fingerprint density at radius 2 is 2.10 bits per heavy atom. The number of hydrogen-bond acceptors (Lipinski definition) is 7. The average Bonchev–Trinajstić information content (AvgIpc) is 3.36. The summed E-state index contributed by atoms with van der Waals surface area (Å²) in [5.74, 6) is -1.16. The van der Waals surface area contributed by atoms with Gasteiger partial charge in [0.1, 0.15) is 17.7 Å². The van der Waals surface area contributed by atoms with E-state index in [1.54, 1.807) is 11.9 Å². The molecule has 0 fully saturated rings. The highest BCUT2D eigenvalue weighted by atomic mass is 19.1. The summed E-state index contributed by atoms with van der Waals surface area (Å²) in [6, 6.07) is 1.90. The number of nitrogens with zero attached hydrogens (tertiary/aromatic N) is 7. The van der Waals surface area contributed by atoms with E-state index in [1.807, 2.05) is 0 Å². The van der Waals surface area contributed by atoms with Crippen molar-refractivity contribution in [1.29, 1.82) is 0 Å². The summed E-state index contributed by atoms with van der Waals surface area (Å²) >= 11 is 0. The first kappa shape index (κ1) is 18.7. The number of carbonyl (C=O) groups excluding carboxylic acids is 1. The van der Waals surface area contributed by atoms with Crippen molar-refractivity contribution in [2.45, 2.75) is 19.3 Å². The van der Waals surface area contributed by atoms with Gasteiger partial charge < -0.3 is 10.6 Å². The van der Waals surface area contributed by atoms with Crippen molar-refractivity contribution in [1.82, 2.24) is 39.7 Å². The number of H-pyrrole nitrogens is 1. The summed E-state index contributed by atoms with van der Waals surface area (Å²) in [6.07, 6.45) is 3.17. The lowest BCUT2D eigenvalue weighted by Crippen LogP contribution is -2.28. The topological polar surface area (TPSA) is 131 Å². The molecule has 1 amide bonds. The van der Waals surface area contributed by atoms with Gasteiger partial charge in [-0.1, -0.05) is 0 Å². The van der Waals surface area contributed by atoms with Crippen LogP contribution in [0.3, 0.4) is 0 Å². The Labute approximate surface area is 162 Å². The number of nitrogen functional groups attached to an aromatic ring is 1. The molecule has 3 N–H and O–H groups in total. The van der Waals surface area contributed by atoms with Gasteiger partial charge in [0.05, 0.1) is 5.39 Å². The Morgan fingerprint density at radius 3 is 2.86 bits per heavy atom. The van der Waals surface area contributed by atoms with Crippen LogP contribution in [0.25, 0.3) is 16.6 Å². The van der Waals surface area contributed by atoms with Crippen LogP contribution in [0.1, 0.15) is 29.3 Å². The van der Waals surface area contributed by atoms with E-state index >= 15 is 0 Å². The number of anilines is 1. The zero-order valence-electron chi connectivity index (χ0n) is 15.4. The van der Waals surface area contributed by atoms with E-state index in [1.165, 1.54) is 10.8 Å². The van der Waals surface area contributed by atoms with Gasteiger partial charge in [-0.05, 0) is 18.9 Å². The number of amides is 1. The molecule has 0 radical (unpaired) electrons. The molecular formula is C17H17F2N9O. The maximum atomic E-state index is 14.0. The van der Waals surface area contributed by atoms with Gasteiger partial charge in [-0.2, -0.15) is 9.61 Å². The molecule has 10 nitrogen and oxygen atoms in total. The van der Waals surface area contributed by atoms with E-state index in [9.17, 15) is 13.6 Å². The highest BCUT2D eigenvalue weighted by Crippen LogP contribution is 2.23. The number of benzene rings is 1. The molecule has 0 aliphatic carbocycles. The van der Waals surface area contributed by atoms with Gasteiger partial charge in [0.15, 0.2) is 17.3 Å². The predicted molar refractivity (Wildman–Crippen MR) is 98.9 cm³/mol. The second-order valence-electron chi connectivity index (χ2n) is 6.54. The predicted octanol–water partition coefficient (Wildman–Crippen LogP) is 1.35. The van der Waals surface area contributed by atoms with Crippen LogP contribution in [0.15, 0.2) is 18.5 Å². The van der Waals surface area contributed by atoms with Gasteiger partial charge in [-0.3, -0.25) is 9.89 Å². The first-order chi connectivity index (χ1) is 13.9. The number of nitrogens with one attached hydrogen (secondary N) is 1. The maximum Gasteiger partial charge on any atom is 0.290 e. The van der Waals surface area contributed by atoms with E-state index in [2.05, 4.69) is 30.2 Å². The lowest BCUT2D eigenvalue weighted by atomic mass is 10.2. The van der Waals surface area contributed by atoms with Crippen LogP contribution in [-0.4, -0.2) is 59.2 Å². The van der Waals surface area contributed by atoms with Gasteiger partial charge in [0.2, 0.25) is 11.8 Å². The zero-order valence-corrected chi connectivity index (χ0v) is 15.4. The first-order valence-electron chi connectivity index (χ1n) is 8.84. The third-order valence-electron chi connectivity index (χ3n) is 4.47. The molecule has 0 spiro atoms. The van der Waals surface area contributed by atoms with E-state index < -0.39 is 11.6 Å². The zero-order chi connectivity index (χ0) is 20.5. The van der Waals surface area contributed by atoms with Gasteiger partial charge in [-0.15, -0.1) is 5.10 Å². The fraction of sp³-hybridized carbons (Fsp3) is 0.294. The molecule has 0 unspecified atom stereocenters. The highest BCUT2D eigenvalue weighted by Gasteiger charge is 2.16. The van der Waals surface area contributed by atoms with Gasteiger partial charge in [-0.25, -0.2) is 23.7 Å². The molecule has 4 rings (SSSR count). The van der Waals surface area contributed by atoms with Gasteiger partial charge in [0, 0.05) is 26.1 Å². The normalized spacial score (nSPS) is 11.4. The molecule has 3 heterocycles. The first-order valence-corrected chi connectivity index (χ1v) is 8.84. The Balaban J connectivity index is 1.46. The van der Waals surface area contributed by atoms with Crippen molar-refractivity contribution in [2.75, 3.05) is 19.3 Å². The summed E-state index contributed by atoms with van der Waals surface area (Å²) < 4.78 is 28.9. The number of aromatic amines is 1. The Kier molecular flexibility index (Phi) is 4.74. The number of aromatic nitrogens is 7.